The summed E-state index contributed by atoms with van der Waals surface area (Å²) in [5.74, 6) is -80.0. The molecule has 1 unspecified atom stereocenters. The van der Waals surface area contributed by atoms with E-state index in [1.54, 1.807) is 0 Å². The number of nitrogens with zero attached hydrogens (tertiary/aromatic N) is 1. The van der Waals surface area contributed by atoms with Crippen molar-refractivity contribution in [3.63, 3.8) is 0 Å². The van der Waals surface area contributed by atoms with Crippen molar-refractivity contribution >= 4 is 0 Å². The van der Waals surface area contributed by atoms with Crippen molar-refractivity contribution in [2.24, 2.45) is 0 Å². The van der Waals surface area contributed by atoms with E-state index in [9.17, 15) is 114 Å². The Morgan fingerprint density at radius 2 is 0.839 bits per heavy atom. The number of pyridine rings is 1. The van der Waals surface area contributed by atoms with Crippen LogP contribution in [0.1, 0.15) is 6.42 Å². The van der Waals surface area contributed by atoms with E-state index in [-0.39, 0.29) is 11.1 Å². The second-order valence-electron chi connectivity index (χ2n) is 11.2. The zero-order valence-corrected chi connectivity index (χ0v) is 25.5. The summed E-state index contributed by atoms with van der Waals surface area (Å²) in [7, 11) is 0. The monoisotopic (exact) mass is 879 g/mol. The Hall–Kier alpha value is -4.05. The van der Waals surface area contributed by atoms with Gasteiger partial charge in [0.15, 0.2) is 18.1 Å². The fourth-order valence-corrected chi connectivity index (χ4v) is 4.10. The van der Waals surface area contributed by atoms with Gasteiger partial charge in [-0.2, -0.15) is 114 Å². The zero-order valence-electron chi connectivity index (χ0n) is 25.5. The van der Waals surface area contributed by atoms with Crippen LogP contribution in [0, 0.1) is 0 Å². The molecular formula is C26H11F26NO3. The first-order valence-electron chi connectivity index (χ1n) is 13.6. The molecule has 0 bridgehead atoms. The highest BCUT2D eigenvalue weighted by Crippen LogP contribution is 2.62. The molecule has 0 radical (unpaired) electrons. The molecule has 2 heterocycles. The van der Waals surface area contributed by atoms with Crippen molar-refractivity contribution in [1.29, 1.82) is 0 Å². The summed E-state index contributed by atoms with van der Waals surface area (Å²) in [6.45, 7) is -3.14. The van der Waals surface area contributed by atoms with Gasteiger partial charge < -0.3 is 14.2 Å². The van der Waals surface area contributed by atoms with Gasteiger partial charge in [-0.05, 0) is 23.8 Å². The van der Waals surface area contributed by atoms with E-state index < -0.39 is 108 Å². The van der Waals surface area contributed by atoms with Crippen LogP contribution in [0.4, 0.5) is 114 Å². The van der Waals surface area contributed by atoms with Crippen molar-refractivity contribution in [2.45, 2.75) is 84.3 Å². The highest BCUT2D eigenvalue weighted by atomic mass is 19.4. The maximum absolute atomic E-state index is 14.3. The second-order valence-corrected chi connectivity index (χ2v) is 11.2. The quantitative estimate of drug-likeness (QED) is 0.177. The normalized spacial score (nSPS) is 17.4. The molecule has 0 aliphatic carbocycles. The van der Waals surface area contributed by atoms with E-state index >= 15 is 0 Å². The average molecular weight is 879 g/mol. The Morgan fingerprint density at radius 3 is 1.25 bits per heavy atom. The van der Waals surface area contributed by atoms with Gasteiger partial charge in [-0.25, -0.2) is 4.98 Å². The Balaban J connectivity index is 1.76. The predicted molar refractivity (Wildman–Crippen MR) is 126 cm³/mol. The number of fused-ring (bicyclic) bond motifs is 1. The van der Waals surface area contributed by atoms with Crippen molar-refractivity contribution < 1.29 is 128 Å². The molecule has 30 heteroatoms. The molecule has 0 N–H and O–H groups in total. The third-order valence-corrected chi connectivity index (χ3v) is 7.35. The maximum atomic E-state index is 14.3. The molecule has 320 valence electrons. The number of hydrogen-bond acceptors (Lipinski definition) is 4. The summed E-state index contributed by atoms with van der Waals surface area (Å²) < 4.78 is 359. The molecule has 0 saturated heterocycles. The van der Waals surface area contributed by atoms with Gasteiger partial charge in [0.2, 0.25) is 12.2 Å². The Bertz CT molecular complexity index is 1730. The van der Waals surface area contributed by atoms with Gasteiger partial charge in [-0.15, -0.1) is 0 Å². The minimum atomic E-state index is -8.17. The number of ether oxygens (including phenoxy) is 3. The molecular weight excluding hydrogens is 868 g/mol. The topological polar surface area (TPSA) is 40.6 Å². The Kier molecular flexibility index (Phi) is 11.0. The summed E-state index contributed by atoms with van der Waals surface area (Å²) in [6, 6.07) is 3.22. The van der Waals surface area contributed by atoms with E-state index in [2.05, 4.69) is 19.2 Å². The van der Waals surface area contributed by atoms with Crippen LogP contribution in [-0.2, 0) is 0 Å². The summed E-state index contributed by atoms with van der Waals surface area (Å²) in [4.78, 5) is 3.17. The van der Waals surface area contributed by atoms with Crippen LogP contribution >= 0.6 is 0 Å². The number of alkyl halides is 26. The number of hydrogen-bond donors (Lipinski definition) is 0. The molecule has 1 aliphatic heterocycles. The smallest absolute Gasteiger partial charge is 0.460 e. The van der Waals surface area contributed by atoms with Gasteiger partial charge in [0, 0.05) is 17.8 Å². The van der Waals surface area contributed by atoms with Gasteiger partial charge in [0.25, 0.3) is 0 Å². The van der Waals surface area contributed by atoms with Crippen molar-refractivity contribution in [2.75, 3.05) is 6.61 Å². The lowest BCUT2D eigenvalue weighted by Gasteiger charge is -2.39. The largest absolute Gasteiger partial charge is 0.471 e. The van der Waals surface area contributed by atoms with Crippen LogP contribution < -0.4 is 14.2 Å². The van der Waals surface area contributed by atoms with E-state index in [1.807, 2.05) is 0 Å². The molecule has 0 fully saturated rings. The van der Waals surface area contributed by atoms with Crippen LogP contribution in [0.25, 0.3) is 11.1 Å². The molecule has 0 amide bonds. The molecule has 1 aliphatic rings. The van der Waals surface area contributed by atoms with Crippen LogP contribution in [0.2, 0.25) is 0 Å². The number of halogens is 26. The summed E-state index contributed by atoms with van der Waals surface area (Å²) in [6.07, 6.45) is -20.6. The molecule has 2 aromatic rings. The summed E-state index contributed by atoms with van der Waals surface area (Å²) in [5.41, 5.74) is -0.650. The fraction of sp³-hybridized carbons (Fsp3) is 0.577. The van der Waals surface area contributed by atoms with Gasteiger partial charge in [-0.1, -0.05) is 6.07 Å². The Labute approximate surface area is 290 Å². The SMILES string of the molecule is FC(F)(F)C(F)(F)C(F)(F)C(F)(F)C(F)(F)C(F)(F)COc1ccc(-c2ccc3c(c2)OC(CC(F)(F)C(F)(F)C(F)(F)C(F)(F)C(F)(F)C(F)(F)F)O3)cn1. The van der Waals surface area contributed by atoms with E-state index in [4.69, 9.17) is 0 Å². The molecule has 1 aromatic carbocycles. The third-order valence-electron chi connectivity index (χ3n) is 7.35. The zero-order chi connectivity index (χ0) is 43.9. The number of aromatic nitrogens is 1. The minimum absolute atomic E-state index is 0.311. The van der Waals surface area contributed by atoms with E-state index in [0.717, 1.165) is 6.07 Å². The molecule has 56 heavy (non-hydrogen) atoms. The lowest BCUT2D eigenvalue weighted by atomic mass is 9.92. The average Bonchev–Trinajstić information content (AvgIpc) is 3.43. The molecule has 4 nitrogen and oxygen atoms in total. The first-order chi connectivity index (χ1) is 24.6. The molecule has 1 aromatic heterocycles. The van der Waals surface area contributed by atoms with Crippen molar-refractivity contribution in [3.8, 4) is 28.5 Å². The first-order valence-corrected chi connectivity index (χ1v) is 13.6. The van der Waals surface area contributed by atoms with E-state index in [1.165, 1.54) is 0 Å². The standard InChI is InChI=1S/C26H11F26NO3/c27-15(28,17(31,32)19(35,36)21(39,40)23(43,44)25(47,48)49)6-14-55-11-3-1-9(5-12(11)56-14)10-2-4-13(53-7-10)54-8-16(29,30)18(33,34)20(37,38)22(41,42)24(45,46)26(50,51)52/h1-5,7,14H,6,8H2. The van der Waals surface area contributed by atoms with Crippen molar-refractivity contribution in [3.05, 3.63) is 36.5 Å². The third kappa shape index (κ3) is 6.87. The molecule has 0 saturated carbocycles. The van der Waals surface area contributed by atoms with E-state index in [0.29, 0.717) is 30.5 Å². The predicted octanol–water partition coefficient (Wildman–Crippen LogP) is 11.1. The van der Waals surface area contributed by atoms with Crippen LogP contribution in [-0.4, -0.2) is 89.5 Å². The Morgan fingerprint density at radius 1 is 0.446 bits per heavy atom. The van der Waals surface area contributed by atoms with Crippen molar-refractivity contribution in [1.82, 2.24) is 4.98 Å². The summed E-state index contributed by atoms with van der Waals surface area (Å²) >= 11 is 0. The highest BCUT2D eigenvalue weighted by molar-refractivity contribution is 5.67. The second kappa shape index (κ2) is 13.2. The fourth-order valence-electron chi connectivity index (χ4n) is 4.10. The lowest BCUT2D eigenvalue weighted by molar-refractivity contribution is -0.441. The van der Waals surface area contributed by atoms with Gasteiger partial charge in [0.1, 0.15) is 0 Å². The maximum Gasteiger partial charge on any atom is 0.460 e. The minimum Gasteiger partial charge on any atom is -0.471 e. The van der Waals surface area contributed by atoms with Gasteiger partial charge in [-0.3, -0.25) is 0 Å². The van der Waals surface area contributed by atoms with Crippen LogP contribution in [0.5, 0.6) is 17.4 Å². The van der Waals surface area contributed by atoms with Crippen LogP contribution in [0.15, 0.2) is 36.5 Å². The number of rotatable bonds is 14. The summed E-state index contributed by atoms with van der Waals surface area (Å²) in [5, 5.41) is 0. The number of benzene rings is 1. The lowest BCUT2D eigenvalue weighted by Crippen LogP contribution is -2.70. The van der Waals surface area contributed by atoms with Gasteiger partial charge >= 0.3 is 71.6 Å². The van der Waals surface area contributed by atoms with Crippen LogP contribution in [0.3, 0.4) is 0 Å². The van der Waals surface area contributed by atoms with Gasteiger partial charge in [0.05, 0.1) is 6.42 Å². The molecule has 1 atom stereocenters. The first kappa shape index (κ1) is 46.3. The molecule has 0 spiro atoms. The molecule has 3 rings (SSSR count). The highest BCUT2D eigenvalue weighted by Gasteiger charge is 2.92.